The van der Waals surface area contributed by atoms with E-state index in [4.69, 9.17) is 4.74 Å². The van der Waals surface area contributed by atoms with Crippen molar-refractivity contribution in [2.24, 2.45) is 0 Å². The highest BCUT2D eigenvalue weighted by Crippen LogP contribution is 2.34. The summed E-state index contributed by atoms with van der Waals surface area (Å²) in [6, 6.07) is 11.7. The molecule has 4 rings (SSSR count). The summed E-state index contributed by atoms with van der Waals surface area (Å²) in [5, 5.41) is 4.72. The van der Waals surface area contributed by atoms with Gasteiger partial charge in [-0.1, -0.05) is 30.3 Å². The highest BCUT2D eigenvalue weighted by atomic mass is 32.2. The lowest BCUT2D eigenvalue weighted by molar-refractivity contribution is 0.0487. The third-order valence-electron chi connectivity index (χ3n) is 5.85. The van der Waals surface area contributed by atoms with Crippen LogP contribution in [0.15, 0.2) is 46.7 Å². The molecule has 0 spiro atoms. The van der Waals surface area contributed by atoms with Crippen molar-refractivity contribution in [3.8, 4) is 0 Å². The Kier molecular flexibility index (Phi) is 6.84. The number of nitrogens with one attached hydrogen (secondary N) is 1. The van der Waals surface area contributed by atoms with E-state index in [2.05, 4.69) is 17.4 Å². The lowest BCUT2D eigenvalue weighted by Gasteiger charge is -2.38. The number of nitrogens with zero attached hydrogens (tertiary/aromatic N) is 1. The lowest BCUT2D eigenvalue weighted by Crippen LogP contribution is -2.45. The van der Waals surface area contributed by atoms with Crippen LogP contribution in [0.1, 0.15) is 28.1 Å². The van der Waals surface area contributed by atoms with Crippen LogP contribution in [-0.4, -0.2) is 63.0 Å². The molecule has 1 aromatic carbocycles. The molecular formula is C21H26N2O4S3. The van der Waals surface area contributed by atoms with E-state index in [1.165, 1.54) is 21.2 Å². The van der Waals surface area contributed by atoms with Crippen molar-refractivity contribution in [3.63, 3.8) is 0 Å². The van der Waals surface area contributed by atoms with Gasteiger partial charge >= 0.3 is 0 Å². The molecule has 1 aromatic heterocycles. The topological polar surface area (TPSA) is 75.7 Å². The van der Waals surface area contributed by atoms with Gasteiger partial charge < -0.3 is 10.1 Å². The molecule has 6 nitrogen and oxygen atoms in total. The third kappa shape index (κ3) is 4.45. The van der Waals surface area contributed by atoms with Crippen LogP contribution in [0.5, 0.6) is 0 Å². The fraction of sp³-hybridized carbons (Fsp3) is 0.476. The first-order valence-corrected chi connectivity index (χ1v) is 13.6. The van der Waals surface area contributed by atoms with Gasteiger partial charge in [-0.05, 0) is 29.9 Å². The molecule has 0 bridgehead atoms. The van der Waals surface area contributed by atoms with Crippen molar-refractivity contribution in [2.75, 3.05) is 44.4 Å². The maximum Gasteiger partial charge on any atom is 0.262 e. The summed E-state index contributed by atoms with van der Waals surface area (Å²) in [5.41, 5.74) is 0.980. The molecule has 162 valence electrons. The first-order chi connectivity index (χ1) is 14.5. The van der Waals surface area contributed by atoms with Crippen molar-refractivity contribution in [1.82, 2.24) is 9.62 Å². The Labute approximate surface area is 186 Å². The third-order valence-corrected chi connectivity index (χ3v) is 9.77. The fourth-order valence-corrected chi connectivity index (χ4v) is 7.94. The summed E-state index contributed by atoms with van der Waals surface area (Å²) in [6.45, 7) is 2.73. The minimum atomic E-state index is -3.66. The zero-order chi connectivity index (χ0) is 21.0. The van der Waals surface area contributed by atoms with E-state index in [0.717, 1.165) is 24.3 Å². The molecule has 1 amide bonds. The molecule has 2 aromatic rings. The number of carbonyl (C=O) groups is 1. The van der Waals surface area contributed by atoms with Crippen LogP contribution in [0.2, 0.25) is 0 Å². The van der Waals surface area contributed by atoms with E-state index < -0.39 is 10.0 Å². The van der Waals surface area contributed by atoms with Crippen molar-refractivity contribution in [3.05, 3.63) is 52.2 Å². The molecule has 9 heteroatoms. The summed E-state index contributed by atoms with van der Waals surface area (Å²) < 4.78 is 33.2. The second-order valence-electron chi connectivity index (χ2n) is 7.57. The van der Waals surface area contributed by atoms with Gasteiger partial charge in [0.15, 0.2) is 0 Å². The van der Waals surface area contributed by atoms with Gasteiger partial charge in [-0.15, -0.1) is 11.3 Å². The molecule has 2 saturated heterocycles. The molecule has 0 aliphatic carbocycles. The van der Waals surface area contributed by atoms with Gasteiger partial charge in [0, 0.05) is 49.8 Å². The summed E-state index contributed by atoms with van der Waals surface area (Å²) >= 11 is 2.93. The van der Waals surface area contributed by atoms with Crippen LogP contribution in [0.25, 0.3) is 0 Å². The maximum atomic E-state index is 13.1. The standard InChI is InChI=1S/C21H26N2O4S3/c24-20(19-18(6-13-29-19)30(25,26)23-9-14-28-15-10-23)22-16-21(7-11-27-12-8-21)17-4-2-1-3-5-17/h1-6,13H,7-12,14-16H2,(H,22,24). The minimum absolute atomic E-state index is 0.123. The van der Waals surface area contributed by atoms with Gasteiger partial charge in [-0.3, -0.25) is 4.79 Å². The zero-order valence-electron chi connectivity index (χ0n) is 16.7. The highest BCUT2D eigenvalue weighted by Gasteiger charge is 2.36. The second kappa shape index (κ2) is 9.40. The molecule has 0 radical (unpaired) electrons. The van der Waals surface area contributed by atoms with Gasteiger partial charge in [0.2, 0.25) is 10.0 Å². The summed E-state index contributed by atoms with van der Waals surface area (Å²) in [6.07, 6.45) is 1.64. The Morgan fingerprint density at radius 1 is 1.10 bits per heavy atom. The SMILES string of the molecule is O=C(NCC1(c2ccccc2)CCOCC1)c1sccc1S(=O)(=O)N1CCSCC1. The average Bonchev–Trinajstić information content (AvgIpc) is 3.30. The van der Waals surface area contributed by atoms with Gasteiger partial charge in [-0.25, -0.2) is 8.42 Å². The second-order valence-corrected chi connectivity index (χ2v) is 11.6. The van der Waals surface area contributed by atoms with Crippen LogP contribution in [0.3, 0.4) is 0 Å². The molecule has 1 N–H and O–H groups in total. The number of rotatable bonds is 6. The van der Waals surface area contributed by atoms with Crippen LogP contribution in [-0.2, 0) is 20.2 Å². The van der Waals surface area contributed by atoms with Gasteiger partial charge in [0.25, 0.3) is 5.91 Å². The monoisotopic (exact) mass is 466 g/mol. The lowest BCUT2D eigenvalue weighted by atomic mass is 9.74. The van der Waals surface area contributed by atoms with Crippen LogP contribution < -0.4 is 5.32 Å². The Morgan fingerprint density at radius 2 is 1.80 bits per heavy atom. The summed E-state index contributed by atoms with van der Waals surface area (Å²) in [5.74, 6) is 1.25. The Bertz CT molecular complexity index is 963. The van der Waals surface area contributed by atoms with Gasteiger partial charge in [0.05, 0.1) is 0 Å². The van der Waals surface area contributed by atoms with E-state index in [0.29, 0.717) is 32.8 Å². The van der Waals surface area contributed by atoms with Crippen LogP contribution in [0, 0.1) is 0 Å². The largest absolute Gasteiger partial charge is 0.381 e. The maximum absolute atomic E-state index is 13.1. The number of thiophene rings is 1. The number of amides is 1. The van der Waals surface area contributed by atoms with Crippen LogP contribution >= 0.6 is 23.1 Å². The number of ether oxygens (including phenoxy) is 1. The van der Waals surface area contributed by atoms with Crippen molar-refractivity contribution in [2.45, 2.75) is 23.2 Å². The predicted molar refractivity (Wildman–Crippen MR) is 121 cm³/mol. The molecule has 0 saturated carbocycles. The molecular weight excluding hydrogens is 440 g/mol. The van der Waals surface area contributed by atoms with Crippen molar-refractivity contribution >= 4 is 39.0 Å². The zero-order valence-corrected chi connectivity index (χ0v) is 19.2. The minimum Gasteiger partial charge on any atom is -0.381 e. The van der Waals surface area contributed by atoms with E-state index in [9.17, 15) is 13.2 Å². The Morgan fingerprint density at radius 3 is 2.50 bits per heavy atom. The van der Waals surface area contributed by atoms with E-state index in [1.807, 2.05) is 18.2 Å². The van der Waals surface area contributed by atoms with E-state index in [-0.39, 0.29) is 21.1 Å². The molecule has 0 atom stereocenters. The molecule has 2 aliphatic rings. The number of hydrogen-bond donors (Lipinski definition) is 1. The first-order valence-electron chi connectivity index (χ1n) is 10.1. The van der Waals surface area contributed by atoms with Gasteiger partial charge in [-0.2, -0.15) is 16.1 Å². The molecule has 2 fully saturated rings. The highest BCUT2D eigenvalue weighted by molar-refractivity contribution is 7.99. The Hall–Kier alpha value is -1.39. The quantitative estimate of drug-likeness (QED) is 0.708. The van der Waals surface area contributed by atoms with E-state index >= 15 is 0 Å². The number of sulfonamides is 1. The van der Waals surface area contributed by atoms with Crippen molar-refractivity contribution < 1.29 is 17.9 Å². The molecule has 3 heterocycles. The first kappa shape index (κ1) is 21.8. The number of carbonyl (C=O) groups excluding carboxylic acids is 1. The predicted octanol–water partition coefficient (Wildman–Crippen LogP) is 2.96. The smallest absolute Gasteiger partial charge is 0.262 e. The number of thioether (sulfide) groups is 1. The molecule has 30 heavy (non-hydrogen) atoms. The van der Waals surface area contributed by atoms with Gasteiger partial charge in [0.1, 0.15) is 9.77 Å². The van der Waals surface area contributed by atoms with E-state index in [1.54, 1.807) is 23.2 Å². The average molecular weight is 467 g/mol. The van der Waals surface area contributed by atoms with Crippen molar-refractivity contribution in [1.29, 1.82) is 0 Å². The molecule has 0 unspecified atom stereocenters. The van der Waals surface area contributed by atoms with Crippen LogP contribution in [0.4, 0.5) is 0 Å². The summed E-state index contributed by atoms with van der Waals surface area (Å²) in [7, 11) is -3.66. The number of hydrogen-bond acceptors (Lipinski definition) is 6. The Balaban J connectivity index is 1.53. The summed E-state index contributed by atoms with van der Waals surface area (Å²) in [4.78, 5) is 13.4. The number of benzene rings is 1. The normalized spacial score (nSPS) is 20.0. The fourth-order valence-electron chi connectivity index (χ4n) is 4.04. The molecule has 2 aliphatic heterocycles.